The summed E-state index contributed by atoms with van der Waals surface area (Å²) in [5.74, 6) is 1.85. The fourth-order valence-corrected chi connectivity index (χ4v) is 1.27. The zero-order valence-electron chi connectivity index (χ0n) is 9.23. The lowest BCUT2D eigenvalue weighted by Gasteiger charge is -2.06. The van der Waals surface area contributed by atoms with Crippen molar-refractivity contribution in [1.29, 1.82) is 0 Å². The van der Waals surface area contributed by atoms with E-state index >= 15 is 0 Å². The van der Waals surface area contributed by atoms with Crippen LogP contribution in [0.3, 0.4) is 0 Å². The van der Waals surface area contributed by atoms with Crippen LogP contribution in [0.5, 0.6) is 5.88 Å². The molecule has 0 aromatic carbocycles. The Bertz CT molecular complexity index is 454. The number of hydrogen-bond donors (Lipinski definition) is 1. The Labute approximate surface area is 93.5 Å². The number of ether oxygens (including phenoxy) is 1. The summed E-state index contributed by atoms with van der Waals surface area (Å²) in [5.41, 5.74) is 0.855. The lowest BCUT2D eigenvalue weighted by Crippen LogP contribution is -2.02. The molecule has 0 aliphatic heterocycles. The van der Waals surface area contributed by atoms with Crippen LogP contribution in [0.4, 0.5) is 5.95 Å². The largest absolute Gasteiger partial charge is 0.469 e. The summed E-state index contributed by atoms with van der Waals surface area (Å²) in [6.07, 6.45) is 1.61. The maximum Gasteiger partial charge on any atom is 0.225 e. The molecule has 0 amide bonds. The smallest absolute Gasteiger partial charge is 0.225 e. The second-order valence-corrected chi connectivity index (χ2v) is 3.29. The van der Waals surface area contributed by atoms with Gasteiger partial charge in [-0.2, -0.15) is 4.98 Å². The minimum atomic E-state index is 0.368. The lowest BCUT2D eigenvalue weighted by atomic mass is 10.4. The number of aryl methyl sites for hydroxylation is 1. The highest BCUT2D eigenvalue weighted by Gasteiger charge is 2.03. The van der Waals surface area contributed by atoms with E-state index in [-0.39, 0.29) is 0 Å². The molecule has 0 spiro atoms. The molecule has 2 aromatic rings. The molecule has 5 heteroatoms. The molecule has 0 atom stereocenters. The summed E-state index contributed by atoms with van der Waals surface area (Å²) < 4.78 is 10.6. The standard InChI is InChI=1S/C11H13N3O2/c1-8-6-10(14-11(12-2)13-8)16-7-9-4-3-5-15-9/h3-6H,7H2,1-2H3,(H,12,13,14). The van der Waals surface area contributed by atoms with Crippen molar-refractivity contribution in [2.45, 2.75) is 13.5 Å². The Morgan fingerprint density at radius 1 is 1.44 bits per heavy atom. The molecule has 0 aliphatic rings. The number of anilines is 1. The SMILES string of the molecule is CNc1nc(C)cc(OCc2ccco2)n1. The maximum atomic E-state index is 5.49. The van der Waals surface area contributed by atoms with Crippen LogP contribution in [0.25, 0.3) is 0 Å². The summed E-state index contributed by atoms with van der Waals surface area (Å²) in [7, 11) is 1.77. The molecule has 16 heavy (non-hydrogen) atoms. The normalized spacial score (nSPS) is 10.1. The summed E-state index contributed by atoms with van der Waals surface area (Å²) in [5, 5.41) is 2.88. The Morgan fingerprint density at radius 2 is 2.31 bits per heavy atom. The van der Waals surface area contributed by atoms with Gasteiger partial charge in [0.1, 0.15) is 12.4 Å². The highest BCUT2D eigenvalue weighted by Crippen LogP contribution is 2.13. The van der Waals surface area contributed by atoms with E-state index in [4.69, 9.17) is 9.15 Å². The molecule has 2 rings (SSSR count). The topological polar surface area (TPSA) is 60.2 Å². The Morgan fingerprint density at radius 3 is 3.00 bits per heavy atom. The molecule has 0 bridgehead atoms. The zero-order valence-corrected chi connectivity index (χ0v) is 9.23. The number of furan rings is 1. The van der Waals surface area contributed by atoms with Crippen LogP contribution in [0, 0.1) is 6.92 Å². The van der Waals surface area contributed by atoms with Gasteiger partial charge < -0.3 is 14.5 Å². The van der Waals surface area contributed by atoms with Gasteiger partial charge in [0.2, 0.25) is 11.8 Å². The van der Waals surface area contributed by atoms with Crippen LogP contribution in [0.15, 0.2) is 28.9 Å². The molecular weight excluding hydrogens is 206 g/mol. The van der Waals surface area contributed by atoms with Gasteiger partial charge in [0.15, 0.2) is 0 Å². The van der Waals surface area contributed by atoms with Crippen LogP contribution in [-0.4, -0.2) is 17.0 Å². The highest BCUT2D eigenvalue weighted by molar-refractivity contribution is 5.29. The van der Waals surface area contributed by atoms with Gasteiger partial charge in [-0.25, -0.2) is 4.98 Å². The molecule has 0 saturated carbocycles. The Balaban J connectivity index is 2.06. The van der Waals surface area contributed by atoms with E-state index in [0.717, 1.165) is 11.5 Å². The monoisotopic (exact) mass is 219 g/mol. The Kier molecular flexibility index (Phi) is 3.05. The quantitative estimate of drug-likeness (QED) is 0.852. The van der Waals surface area contributed by atoms with Gasteiger partial charge in [-0.05, 0) is 19.1 Å². The average molecular weight is 219 g/mol. The molecule has 0 saturated heterocycles. The van der Waals surface area contributed by atoms with Gasteiger partial charge in [0.05, 0.1) is 6.26 Å². The van der Waals surface area contributed by atoms with Crippen LogP contribution < -0.4 is 10.1 Å². The van der Waals surface area contributed by atoms with E-state index < -0.39 is 0 Å². The number of aromatic nitrogens is 2. The number of hydrogen-bond acceptors (Lipinski definition) is 5. The third-order valence-electron chi connectivity index (χ3n) is 2.00. The van der Waals surface area contributed by atoms with E-state index in [9.17, 15) is 0 Å². The number of nitrogens with one attached hydrogen (secondary N) is 1. The third-order valence-corrected chi connectivity index (χ3v) is 2.00. The first-order chi connectivity index (χ1) is 7.78. The minimum Gasteiger partial charge on any atom is -0.469 e. The van der Waals surface area contributed by atoms with E-state index in [0.29, 0.717) is 18.4 Å². The van der Waals surface area contributed by atoms with Gasteiger partial charge in [0, 0.05) is 18.8 Å². The maximum absolute atomic E-state index is 5.49. The second kappa shape index (κ2) is 4.65. The molecule has 5 nitrogen and oxygen atoms in total. The molecule has 0 fully saturated rings. The lowest BCUT2D eigenvalue weighted by molar-refractivity contribution is 0.260. The fraction of sp³-hybridized carbons (Fsp3) is 0.273. The molecule has 84 valence electrons. The first-order valence-electron chi connectivity index (χ1n) is 4.96. The molecule has 0 radical (unpaired) electrons. The molecule has 0 aliphatic carbocycles. The van der Waals surface area contributed by atoms with Gasteiger partial charge in [-0.1, -0.05) is 0 Å². The molecule has 1 N–H and O–H groups in total. The van der Waals surface area contributed by atoms with E-state index in [2.05, 4.69) is 15.3 Å². The van der Waals surface area contributed by atoms with Gasteiger partial charge >= 0.3 is 0 Å². The predicted octanol–water partition coefficient (Wildman–Crippen LogP) is 2.00. The fourth-order valence-electron chi connectivity index (χ4n) is 1.27. The first kappa shape index (κ1) is 10.5. The van der Waals surface area contributed by atoms with Gasteiger partial charge in [-0.3, -0.25) is 0 Å². The van der Waals surface area contributed by atoms with E-state index in [1.807, 2.05) is 19.1 Å². The van der Waals surface area contributed by atoms with Crippen LogP contribution >= 0.6 is 0 Å². The molecule has 2 heterocycles. The summed E-state index contributed by atoms with van der Waals surface area (Å²) in [6, 6.07) is 5.46. The average Bonchev–Trinajstić information content (AvgIpc) is 2.78. The number of rotatable bonds is 4. The van der Waals surface area contributed by atoms with E-state index in [1.165, 1.54) is 0 Å². The third kappa shape index (κ3) is 2.50. The van der Waals surface area contributed by atoms with Crippen molar-refractivity contribution in [2.75, 3.05) is 12.4 Å². The minimum absolute atomic E-state index is 0.368. The highest BCUT2D eigenvalue weighted by atomic mass is 16.5. The Hall–Kier alpha value is -2.04. The van der Waals surface area contributed by atoms with Crippen LogP contribution in [0.2, 0.25) is 0 Å². The van der Waals surface area contributed by atoms with Crippen LogP contribution in [-0.2, 0) is 6.61 Å². The van der Waals surface area contributed by atoms with Crippen molar-refractivity contribution in [3.63, 3.8) is 0 Å². The summed E-state index contributed by atoms with van der Waals surface area (Å²) in [6.45, 7) is 2.26. The van der Waals surface area contributed by atoms with Crippen molar-refractivity contribution in [3.8, 4) is 5.88 Å². The molecule has 2 aromatic heterocycles. The first-order valence-corrected chi connectivity index (χ1v) is 4.96. The molecule has 0 unspecified atom stereocenters. The second-order valence-electron chi connectivity index (χ2n) is 3.29. The summed E-state index contributed by atoms with van der Waals surface area (Å²) in [4.78, 5) is 8.34. The van der Waals surface area contributed by atoms with Crippen LogP contribution in [0.1, 0.15) is 11.5 Å². The number of nitrogens with zero attached hydrogens (tertiary/aromatic N) is 2. The van der Waals surface area contributed by atoms with Gasteiger partial charge in [-0.15, -0.1) is 0 Å². The predicted molar refractivity (Wildman–Crippen MR) is 59.4 cm³/mol. The zero-order chi connectivity index (χ0) is 11.4. The summed E-state index contributed by atoms with van der Waals surface area (Å²) >= 11 is 0. The van der Waals surface area contributed by atoms with Crippen molar-refractivity contribution in [1.82, 2.24) is 9.97 Å². The van der Waals surface area contributed by atoms with Crippen molar-refractivity contribution < 1.29 is 9.15 Å². The van der Waals surface area contributed by atoms with E-state index in [1.54, 1.807) is 19.4 Å². The van der Waals surface area contributed by atoms with Crippen molar-refractivity contribution in [3.05, 3.63) is 35.9 Å². The van der Waals surface area contributed by atoms with Gasteiger partial charge in [0.25, 0.3) is 0 Å². The van der Waals surface area contributed by atoms with Crippen molar-refractivity contribution >= 4 is 5.95 Å². The molecular formula is C11H13N3O2. The van der Waals surface area contributed by atoms with Crippen molar-refractivity contribution in [2.24, 2.45) is 0 Å².